The first-order valence-corrected chi connectivity index (χ1v) is 10.4. The number of aliphatic hydroxyl groups excluding tert-OH is 1. The number of carbonyl (C=O) groups is 1. The van der Waals surface area contributed by atoms with Gasteiger partial charge in [-0.15, -0.1) is 0 Å². The van der Waals surface area contributed by atoms with Crippen LogP contribution < -0.4 is 4.74 Å². The third-order valence-corrected chi connectivity index (χ3v) is 5.53. The number of aliphatic hydroxyl groups is 1. The molecule has 2 aromatic carbocycles. The molecule has 0 saturated carbocycles. The molecule has 0 fully saturated rings. The third kappa shape index (κ3) is 4.63. The van der Waals surface area contributed by atoms with Crippen LogP contribution >= 0.6 is 0 Å². The van der Waals surface area contributed by atoms with Gasteiger partial charge < -0.3 is 14.6 Å². The van der Waals surface area contributed by atoms with Gasteiger partial charge in [-0.3, -0.25) is 14.9 Å². The van der Waals surface area contributed by atoms with Crippen molar-refractivity contribution in [3.8, 4) is 11.5 Å². The highest BCUT2D eigenvalue weighted by Crippen LogP contribution is 2.43. The normalized spacial score (nSPS) is 17.6. The van der Waals surface area contributed by atoms with E-state index < -0.39 is 45.1 Å². The monoisotopic (exact) mass is 479 g/mol. The van der Waals surface area contributed by atoms with Gasteiger partial charge in [0.1, 0.15) is 22.7 Å². The molecule has 0 spiro atoms. The summed E-state index contributed by atoms with van der Waals surface area (Å²) in [6.07, 6.45) is -4.27. The number of alkyl halides is 3. The minimum absolute atomic E-state index is 0.0328. The van der Waals surface area contributed by atoms with Crippen molar-refractivity contribution in [3.63, 3.8) is 0 Å². The molecule has 3 rings (SSSR count). The minimum atomic E-state index is -4.76. The standard InChI is InChI=1S/C24H24F3NO6/c1-6-13-7-9-15(33-18-10-8-14(24(25,26)27)11-17(18)28(31)32)12-16(13)19-20(29)22(2,3)34-23(4,5)21(19)30/h7-12,29H,6H2,1-5H3. The van der Waals surface area contributed by atoms with Crippen LogP contribution in [0.15, 0.2) is 42.2 Å². The van der Waals surface area contributed by atoms with Crippen LogP contribution in [0.2, 0.25) is 0 Å². The number of hydrogen-bond donors (Lipinski definition) is 1. The lowest BCUT2D eigenvalue weighted by atomic mass is 9.81. The van der Waals surface area contributed by atoms with E-state index in [0.717, 1.165) is 6.07 Å². The number of rotatable bonds is 5. The van der Waals surface area contributed by atoms with Crippen LogP contribution in [-0.2, 0) is 22.1 Å². The number of ketones is 1. The largest absolute Gasteiger partial charge is 0.508 e. The average Bonchev–Trinajstić information content (AvgIpc) is 2.71. The first kappa shape index (κ1) is 25.2. The molecule has 0 amide bonds. The van der Waals surface area contributed by atoms with Crippen molar-refractivity contribution < 1.29 is 37.5 Å². The van der Waals surface area contributed by atoms with Crippen LogP contribution in [0, 0.1) is 10.1 Å². The van der Waals surface area contributed by atoms with E-state index >= 15 is 0 Å². The van der Waals surface area contributed by atoms with Gasteiger partial charge in [0, 0.05) is 6.07 Å². The fraction of sp³-hybridized carbons (Fsp3) is 0.375. The molecule has 7 nitrogen and oxygen atoms in total. The number of carbonyl (C=O) groups excluding carboxylic acids is 1. The number of ether oxygens (including phenoxy) is 2. The van der Waals surface area contributed by atoms with E-state index in [0.29, 0.717) is 29.7 Å². The maximum atomic E-state index is 13.2. The summed E-state index contributed by atoms with van der Waals surface area (Å²) in [7, 11) is 0. The number of halogens is 3. The van der Waals surface area contributed by atoms with Crippen molar-refractivity contribution in [2.24, 2.45) is 0 Å². The molecule has 1 N–H and O–H groups in total. The van der Waals surface area contributed by atoms with Crippen LogP contribution in [0.1, 0.15) is 51.3 Å². The molecule has 10 heteroatoms. The van der Waals surface area contributed by atoms with Crippen molar-refractivity contribution in [2.45, 2.75) is 58.4 Å². The number of benzene rings is 2. The van der Waals surface area contributed by atoms with E-state index in [4.69, 9.17) is 9.47 Å². The molecule has 0 aliphatic carbocycles. The number of nitro benzene ring substituents is 1. The van der Waals surface area contributed by atoms with Gasteiger partial charge in [-0.05, 0) is 69.5 Å². The number of aryl methyl sites for hydroxylation is 1. The molecule has 2 aromatic rings. The van der Waals surface area contributed by atoms with Gasteiger partial charge in [-0.1, -0.05) is 13.0 Å². The molecule has 0 unspecified atom stereocenters. The quantitative estimate of drug-likeness (QED) is 0.394. The number of nitro groups is 1. The third-order valence-electron chi connectivity index (χ3n) is 5.53. The van der Waals surface area contributed by atoms with Crippen LogP contribution in [-0.4, -0.2) is 27.0 Å². The zero-order valence-corrected chi connectivity index (χ0v) is 19.2. The smallest absolute Gasteiger partial charge is 0.416 e. The summed E-state index contributed by atoms with van der Waals surface area (Å²) >= 11 is 0. The summed E-state index contributed by atoms with van der Waals surface area (Å²) in [6.45, 7) is 8.25. The summed E-state index contributed by atoms with van der Waals surface area (Å²) < 4.78 is 50.3. The van der Waals surface area contributed by atoms with E-state index in [2.05, 4.69) is 0 Å². The molecule has 182 valence electrons. The topological polar surface area (TPSA) is 98.9 Å². The molecule has 0 radical (unpaired) electrons. The summed E-state index contributed by atoms with van der Waals surface area (Å²) in [5.74, 6) is -1.09. The SMILES string of the molecule is CCc1ccc(Oc2ccc(C(F)(F)F)cc2[N+](=O)[O-])cc1C1=C(O)C(C)(C)OC(C)(C)C1=O. The zero-order valence-electron chi connectivity index (χ0n) is 19.2. The molecule has 34 heavy (non-hydrogen) atoms. The van der Waals surface area contributed by atoms with Crippen molar-refractivity contribution in [2.75, 3.05) is 0 Å². The Morgan fingerprint density at radius 1 is 1.09 bits per heavy atom. The van der Waals surface area contributed by atoms with Gasteiger partial charge in [0.25, 0.3) is 0 Å². The average molecular weight is 479 g/mol. The molecule has 0 atom stereocenters. The van der Waals surface area contributed by atoms with E-state index in [9.17, 15) is 33.2 Å². The summed E-state index contributed by atoms with van der Waals surface area (Å²) in [6, 6.07) is 6.51. The maximum absolute atomic E-state index is 13.2. The van der Waals surface area contributed by atoms with Crippen LogP contribution in [0.5, 0.6) is 11.5 Å². The number of hydrogen-bond acceptors (Lipinski definition) is 6. The van der Waals surface area contributed by atoms with Crippen LogP contribution in [0.3, 0.4) is 0 Å². The molecule has 0 saturated heterocycles. The predicted octanol–water partition coefficient (Wildman–Crippen LogP) is 6.39. The Hall–Kier alpha value is -3.40. The molecule has 1 heterocycles. The Morgan fingerprint density at radius 3 is 2.29 bits per heavy atom. The summed E-state index contributed by atoms with van der Waals surface area (Å²) in [4.78, 5) is 23.6. The van der Waals surface area contributed by atoms with Crippen LogP contribution in [0.4, 0.5) is 18.9 Å². The first-order valence-electron chi connectivity index (χ1n) is 10.4. The van der Waals surface area contributed by atoms with E-state index in [1.807, 2.05) is 6.92 Å². The van der Waals surface area contributed by atoms with Crippen molar-refractivity contribution >= 4 is 17.0 Å². The molecule has 0 aromatic heterocycles. The summed E-state index contributed by atoms with van der Waals surface area (Å²) in [5, 5.41) is 22.3. The Kier molecular flexibility index (Phi) is 6.25. The van der Waals surface area contributed by atoms with Gasteiger partial charge in [-0.25, -0.2) is 0 Å². The maximum Gasteiger partial charge on any atom is 0.416 e. The Morgan fingerprint density at radius 2 is 1.74 bits per heavy atom. The second-order valence-corrected chi connectivity index (χ2v) is 8.89. The molecule has 0 bridgehead atoms. The van der Waals surface area contributed by atoms with E-state index in [1.54, 1.807) is 33.8 Å². The molecular weight excluding hydrogens is 455 g/mol. The van der Waals surface area contributed by atoms with Gasteiger partial charge in [0.15, 0.2) is 5.78 Å². The fourth-order valence-corrected chi connectivity index (χ4v) is 3.90. The van der Waals surface area contributed by atoms with Crippen molar-refractivity contribution in [1.82, 2.24) is 0 Å². The highest BCUT2D eigenvalue weighted by atomic mass is 19.4. The fourth-order valence-electron chi connectivity index (χ4n) is 3.90. The minimum Gasteiger partial charge on any atom is -0.508 e. The lowest BCUT2D eigenvalue weighted by Crippen LogP contribution is -2.49. The highest BCUT2D eigenvalue weighted by molar-refractivity contribution is 6.26. The van der Waals surface area contributed by atoms with E-state index in [-0.39, 0.29) is 17.1 Å². The summed E-state index contributed by atoms with van der Waals surface area (Å²) in [5.41, 5.74) is -3.37. The highest BCUT2D eigenvalue weighted by Gasteiger charge is 2.47. The first-order chi connectivity index (χ1) is 15.6. The Labute approximate surface area is 194 Å². The second kappa shape index (κ2) is 8.43. The molecule has 1 aliphatic rings. The predicted molar refractivity (Wildman–Crippen MR) is 118 cm³/mol. The van der Waals surface area contributed by atoms with Crippen molar-refractivity contribution in [1.29, 1.82) is 0 Å². The van der Waals surface area contributed by atoms with Gasteiger partial charge in [0.2, 0.25) is 5.75 Å². The zero-order chi connectivity index (χ0) is 25.6. The van der Waals surface area contributed by atoms with E-state index in [1.165, 1.54) is 12.1 Å². The second-order valence-electron chi connectivity index (χ2n) is 8.89. The lowest BCUT2D eigenvalue weighted by Gasteiger charge is -2.40. The number of nitrogens with zero attached hydrogens (tertiary/aromatic N) is 1. The van der Waals surface area contributed by atoms with Crippen LogP contribution in [0.25, 0.3) is 5.57 Å². The lowest BCUT2D eigenvalue weighted by molar-refractivity contribution is -0.385. The van der Waals surface area contributed by atoms with Crippen molar-refractivity contribution in [3.05, 3.63) is 69.0 Å². The molecule has 1 aliphatic heterocycles. The Bertz CT molecular complexity index is 1200. The van der Waals surface area contributed by atoms with Gasteiger partial charge >= 0.3 is 11.9 Å². The van der Waals surface area contributed by atoms with Gasteiger partial charge in [0.05, 0.1) is 16.1 Å². The number of Topliss-reactive ketones (excluding diaryl/α,β-unsaturated/α-hetero) is 1. The molecular formula is C24H24F3NO6. The van der Waals surface area contributed by atoms with Gasteiger partial charge in [-0.2, -0.15) is 13.2 Å². The Balaban J connectivity index is 2.14.